The van der Waals surface area contributed by atoms with E-state index in [4.69, 9.17) is 4.74 Å². The smallest absolute Gasteiger partial charge is 0.233 e. The van der Waals surface area contributed by atoms with Crippen LogP contribution in [-0.2, 0) is 0 Å². The molecule has 2 fully saturated rings. The Bertz CT molecular complexity index is 1030. The van der Waals surface area contributed by atoms with E-state index < -0.39 is 17.8 Å². The molecular weight excluding hydrogens is 373 g/mol. The zero-order chi connectivity index (χ0) is 20.2. The van der Waals surface area contributed by atoms with Crippen molar-refractivity contribution < 1.29 is 14.2 Å². The SMILES string of the molecule is CN1CC2C[C@]1(C)[C@H](F)[C@@H]2Oc1ccc(-c2ccc(-n3ccnc3)cc2O)nn1. The van der Waals surface area contributed by atoms with Crippen LogP contribution < -0.4 is 4.74 Å². The molecule has 150 valence electrons. The fraction of sp³-hybridized carbons (Fsp3) is 0.381. The number of imidazole rings is 1. The highest BCUT2D eigenvalue weighted by atomic mass is 19.1. The van der Waals surface area contributed by atoms with Crippen LogP contribution in [0.2, 0.25) is 0 Å². The number of fused-ring (bicyclic) bond motifs is 2. The van der Waals surface area contributed by atoms with Gasteiger partial charge >= 0.3 is 0 Å². The number of likely N-dealkylation sites (tertiary alicyclic amines) is 1. The number of alkyl halides is 1. The Kier molecular flexibility index (Phi) is 4.06. The predicted octanol–water partition coefficient (Wildman–Crippen LogP) is 2.84. The Morgan fingerprint density at radius 1 is 1.24 bits per heavy atom. The third-order valence-corrected chi connectivity index (χ3v) is 6.36. The van der Waals surface area contributed by atoms with Crippen molar-refractivity contribution in [3.05, 3.63) is 49.1 Å². The summed E-state index contributed by atoms with van der Waals surface area (Å²) >= 11 is 0. The van der Waals surface area contributed by atoms with E-state index in [1.165, 1.54) is 0 Å². The Labute approximate surface area is 167 Å². The Morgan fingerprint density at radius 2 is 2.10 bits per heavy atom. The van der Waals surface area contributed by atoms with Crippen LogP contribution >= 0.6 is 0 Å². The van der Waals surface area contributed by atoms with Crippen LogP contribution in [0.15, 0.2) is 49.1 Å². The van der Waals surface area contributed by atoms with Crippen molar-refractivity contribution in [2.75, 3.05) is 13.6 Å². The van der Waals surface area contributed by atoms with Crippen LogP contribution in [-0.4, -0.2) is 61.2 Å². The van der Waals surface area contributed by atoms with Crippen LogP contribution in [0.1, 0.15) is 13.3 Å². The predicted molar refractivity (Wildman–Crippen MR) is 105 cm³/mol. The van der Waals surface area contributed by atoms with Crippen LogP contribution in [0.3, 0.4) is 0 Å². The van der Waals surface area contributed by atoms with Crippen molar-refractivity contribution in [1.29, 1.82) is 0 Å². The molecule has 1 saturated carbocycles. The molecule has 2 aromatic heterocycles. The van der Waals surface area contributed by atoms with Crippen molar-refractivity contribution in [3.8, 4) is 28.6 Å². The summed E-state index contributed by atoms with van der Waals surface area (Å²) in [6, 6.07) is 8.69. The van der Waals surface area contributed by atoms with E-state index in [0.717, 1.165) is 18.7 Å². The first-order chi connectivity index (χ1) is 14.0. The van der Waals surface area contributed by atoms with E-state index in [-0.39, 0.29) is 11.7 Å². The number of phenols is 1. The maximum Gasteiger partial charge on any atom is 0.233 e. The van der Waals surface area contributed by atoms with Gasteiger partial charge in [0.2, 0.25) is 5.88 Å². The summed E-state index contributed by atoms with van der Waals surface area (Å²) in [7, 11) is 1.96. The molecule has 7 nitrogen and oxygen atoms in total. The van der Waals surface area contributed by atoms with Gasteiger partial charge in [-0.2, -0.15) is 0 Å². The maximum absolute atomic E-state index is 14.9. The summed E-state index contributed by atoms with van der Waals surface area (Å²) in [6.45, 7) is 2.77. The minimum Gasteiger partial charge on any atom is -0.507 e. The van der Waals surface area contributed by atoms with Crippen LogP contribution in [0.4, 0.5) is 4.39 Å². The van der Waals surface area contributed by atoms with Gasteiger partial charge in [0, 0.05) is 42.6 Å². The molecule has 4 atom stereocenters. The van der Waals surface area contributed by atoms with Gasteiger partial charge in [0.15, 0.2) is 6.17 Å². The number of hydrogen-bond donors (Lipinski definition) is 1. The lowest BCUT2D eigenvalue weighted by molar-refractivity contribution is -0.0143. The van der Waals surface area contributed by atoms with Crippen molar-refractivity contribution in [3.63, 3.8) is 0 Å². The highest BCUT2D eigenvalue weighted by Gasteiger charge is 2.60. The molecule has 0 spiro atoms. The van der Waals surface area contributed by atoms with Crippen molar-refractivity contribution >= 4 is 0 Å². The molecule has 3 heterocycles. The van der Waals surface area contributed by atoms with E-state index >= 15 is 0 Å². The molecule has 29 heavy (non-hydrogen) atoms. The first-order valence-electron chi connectivity index (χ1n) is 9.63. The number of hydrogen-bond acceptors (Lipinski definition) is 6. The number of phenolic OH excluding ortho intramolecular Hbond substituents is 1. The Balaban J connectivity index is 1.34. The number of rotatable bonds is 4. The minimum atomic E-state index is -1.06. The van der Waals surface area contributed by atoms with E-state index in [1.807, 2.05) is 20.0 Å². The first-order valence-corrected chi connectivity index (χ1v) is 9.63. The molecule has 8 heteroatoms. The average molecular weight is 395 g/mol. The minimum absolute atomic E-state index is 0.0899. The van der Waals surface area contributed by atoms with Gasteiger partial charge < -0.3 is 14.4 Å². The van der Waals surface area contributed by atoms with Gasteiger partial charge in [-0.3, -0.25) is 4.90 Å². The molecule has 1 aliphatic carbocycles. The van der Waals surface area contributed by atoms with Crippen molar-refractivity contribution in [2.45, 2.75) is 31.2 Å². The number of piperidine rings is 1. The lowest BCUT2D eigenvalue weighted by atomic mass is 9.97. The lowest BCUT2D eigenvalue weighted by Crippen LogP contribution is -2.54. The molecule has 2 aliphatic rings. The highest BCUT2D eigenvalue weighted by molar-refractivity contribution is 5.68. The number of aromatic nitrogens is 4. The van der Waals surface area contributed by atoms with Gasteiger partial charge in [-0.05, 0) is 38.6 Å². The largest absolute Gasteiger partial charge is 0.507 e. The molecule has 3 aromatic rings. The number of benzene rings is 1. The molecule has 0 amide bonds. The first kappa shape index (κ1) is 18.1. The van der Waals surface area contributed by atoms with Gasteiger partial charge in [0.1, 0.15) is 11.9 Å². The van der Waals surface area contributed by atoms with Gasteiger partial charge in [-0.25, -0.2) is 9.37 Å². The third kappa shape index (κ3) is 2.86. The second kappa shape index (κ2) is 6.52. The van der Waals surface area contributed by atoms with Gasteiger partial charge in [-0.15, -0.1) is 10.2 Å². The number of halogens is 1. The summed E-state index contributed by atoms with van der Waals surface area (Å²) in [5, 5.41) is 18.7. The third-order valence-electron chi connectivity index (χ3n) is 6.36. The molecule has 1 N–H and O–H groups in total. The van der Waals surface area contributed by atoms with E-state index in [9.17, 15) is 9.50 Å². The zero-order valence-corrected chi connectivity index (χ0v) is 16.2. The summed E-state index contributed by atoms with van der Waals surface area (Å²) in [6.07, 6.45) is 4.36. The number of nitrogens with zero attached hydrogens (tertiary/aromatic N) is 5. The van der Waals surface area contributed by atoms with Crippen molar-refractivity contribution in [2.24, 2.45) is 5.92 Å². The molecule has 2 bridgehead atoms. The lowest BCUT2D eigenvalue weighted by Gasteiger charge is -2.38. The fourth-order valence-corrected chi connectivity index (χ4v) is 4.58. The standard InChI is InChI=1S/C21H22FN5O2/c1-21-10-13(11-26(21)2)19(20(21)22)29-18-6-5-16(24-25-18)15-4-3-14(9-17(15)28)27-8-7-23-12-27/h3-9,12-13,19-20,28H,10-11H2,1-2H3/t13?,19-,20-,21-/m1/s1. The zero-order valence-electron chi connectivity index (χ0n) is 16.2. The average Bonchev–Trinajstić information content (AvgIpc) is 3.40. The molecule has 5 rings (SSSR count). The Morgan fingerprint density at radius 3 is 2.72 bits per heavy atom. The quantitative estimate of drug-likeness (QED) is 0.732. The van der Waals surface area contributed by atoms with Crippen molar-refractivity contribution in [1.82, 2.24) is 24.6 Å². The number of ether oxygens (including phenoxy) is 1. The molecule has 1 saturated heterocycles. The fourth-order valence-electron chi connectivity index (χ4n) is 4.58. The molecular formula is C21H22FN5O2. The molecule has 0 radical (unpaired) electrons. The summed E-state index contributed by atoms with van der Waals surface area (Å²) in [5.74, 6) is 0.544. The van der Waals surface area contributed by atoms with Crippen LogP contribution in [0, 0.1) is 5.92 Å². The maximum atomic E-state index is 14.9. The summed E-state index contributed by atoms with van der Waals surface area (Å²) < 4.78 is 22.6. The monoisotopic (exact) mass is 395 g/mol. The number of aromatic hydroxyl groups is 1. The van der Waals surface area contributed by atoms with Gasteiger partial charge in [0.25, 0.3) is 0 Å². The summed E-state index contributed by atoms with van der Waals surface area (Å²) in [5.41, 5.74) is 1.40. The van der Waals surface area contributed by atoms with E-state index in [2.05, 4.69) is 20.1 Å². The van der Waals surface area contributed by atoms with Crippen LogP contribution in [0.5, 0.6) is 11.6 Å². The molecule has 1 unspecified atom stereocenters. The van der Waals surface area contributed by atoms with Crippen LogP contribution in [0.25, 0.3) is 16.9 Å². The molecule has 1 aliphatic heterocycles. The van der Waals surface area contributed by atoms with Gasteiger partial charge in [-0.1, -0.05) is 0 Å². The second-order valence-corrected chi connectivity index (χ2v) is 8.11. The normalized spacial score (nSPS) is 28.7. The Hall–Kier alpha value is -3.00. The topological polar surface area (TPSA) is 76.3 Å². The highest BCUT2D eigenvalue weighted by Crippen LogP contribution is 2.48. The second-order valence-electron chi connectivity index (χ2n) is 8.11. The van der Waals surface area contributed by atoms with Gasteiger partial charge in [0.05, 0.1) is 23.2 Å². The van der Waals surface area contributed by atoms with E-state index in [0.29, 0.717) is 17.1 Å². The van der Waals surface area contributed by atoms with E-state index in [1.54, 1.807) is 47.6 Å². The molecule has 1 aromatic carbocycles. The summed E-state index contributed by atoms with van der Waals surface area (Å²) in [4.78, 5) is 6.08.